The molecule has 1 heterocycles. The summed E-state index contributed by atoms with van der Waals surface area (Å²) in [5, 5.41) is 7.63. The molecule has 2 aromatic rings. The molecule has 0 aliphatic heterocycles. The van der Waals surface area contributed by atoms with Crippen molar-refractivity contribution in [3.63, 3.8) is 0 Å². The standard InChI is InChI=1S/C21H26Cl3N5O/c1-29(2)18-9-10-25-21(28-18)27-14-5-3-13(4-6-14)12-26-19(30)11-15-16(22)7-8-17(23)20(15)24/h7-10,13-14H,3-6,11-12H2,1-2H3,(H,26,30)(H,25,27,28)/t13-,14+. The van der Waals surface area contributed by atoms with E-state index in [9.17, 15) is 4.79 Å². The van der Waals surface area contributed by atoms with Gasteiger partial charge in [0.1, 0.15) is 5.82 Å². The first-order valence-electron chi connectivity index (χ1n) is 9.99. The summed E-state index contributed by atoms with van der Waals surface area (Å²) in [4.78, 5) is 23.2. The van der Waals surface area contributed by atoms with E-state index in [1.807, 2.05) is 25.1 Å². The quantitative estimate of drug-likeness (QED) is 0.567. The third-order valence-corrected chi connectivity index (χ3v) is 6.54. The molecule has 0 atom stereocenters. The highest BCUT2D eigenvalue weighted by Gasteiger charge is 2.22. The number of nitrogens with zero attached hydrogens (tertiary/aromatic N) is 3. The van der Waals surface area contributed by atoms with Gasteiger partial charge in [-0.05, 0) is 49.8 Å². The minimum Gasteiger partial charge on any atom is -0.363 e. The van der Waals surface area contributed by atoms with E-state index in [0.717, 1.165) is 31.5 Å². The summed E-state index contributed by atoms with van der Waals surface area (Å²) < 4.78 is 0. The molecule has 0 saturated heterocycles. The summed E-state index contributed by atoms with van der Waals surface area (Å²) in [5.41, 5.74) is 0.566. The highest BCUT2D eigenvalue weighted by Crippen LogP contribution is 2.32. The van der Waals surface area contributed by atoms with Crippen LogP contribution in [0.2, 0.25) is 15.1 Å². The van der Waals surface area contributed by atoms with Crippen molar-refractivity contribution in [2.75, 3.05) is 30.9 Å². The molecule has 30 heavy (non-hydrogen) atoms. The normalized spacial score (nSPS) is 18.7. The Morgan fingerprint density at radius 3 is 2.50 bits per heavy atom. The Kier molecular flexibility index (Phi) is 8.03. The van der Waals surface area contributed by atoms with Crippen molar-refractivity contribution >= 4 is 52.5 Å². The maximum Gasteiger partial charge on any atom is 0.224 e. The van der Waals surface area contributed by atoms with Crippen molar-refractivity contribution in [3.8, 4) is 0 Å². The number of carbonyl (C=O) groups is 1. The number of halogens is 3. The molecule has 9 heteroatoms. The van der Waals surface area contributed by atoms with Crippen molar-refractivity contribution in [2.45, 2.75) is 38.1 Å². The summed E-state index contributed by atoms with van der Waals surface area (Å²) in [5.74, 6) is 1.89. The van der Waals surface area contributed by atoms with Crippen LogP contribution in [-0.4, -0.2) is 42.6 Å². The molecule has 0 unspecified atom stereocenters. The summed E-state index contributed by atoms with van der Waals surface area (Å²) in [7, 11) is 3.92. The average Bonchev–Trinajstić information content (AvgIpc) is 2.73. The second kappa shape index (κ2) is 10.5. The molecule has 3 rings (SSSR count). The van der Waals surface area contributed by atoms with Crippen molar-refractivity contribution in [3.05, 3.63) is 45.0 Å². The van der Waals surface area contributed by atoms with E-state index < -0.39 is 0 Å². The number of benzene rings is 1. The Morgan fingerprint density at radius 2 is 1.80 bits per heavy atom. The number of amides is 1. The van der Waals surface area contributed by atoms with Crippen LogP contribution >= 0.6 is 34.8 Å². The van der Waals surface area contributed by atoms with Gasteiger partial charge < -0.3 is 15.5 Å². The second-order valence-corrected chi connectivity index (χ2v) is 8.99. The fourth-order valence-electron chi connectivity index (χ4n) is 3.57. The highest BCUT2D eigenvalue weighted by molar-refractivity contribution is 6.44. The number of hydrogen-bond donors (Lipinski definition) is 2. The number of aromatic nitrogens is 2. The van der Waals surface area contributed by atoms with Crippen LogP contribution in [0.3, 0.4) is 0 Å². The molecule has 1 aromatic heterocycles. The molecule has 0 radical (unpaired) electrons. The first-order valence-corrected chi connectivity index (χ1v) is 11.1. The molecule has 162 valence electrons. The summed E-state index contributed by atoms with van der Waals surface area (Å²) in [6.07, 6.45) is 5.98. The number of anilines is 2. The van der Waals surface area contributed by atoms with Gasteiger partial charge in [-0.1, -0.05) is 34.8 Å². The Hall–Kier alpha value is -1.76. The summed E-state index contributed by atoms with van der Waals surface area (Å²) in [6.45, 7) is 0.647. The molecule has 0 spiro atoms. The largest absolute Gasteiger partial charge is 0.363 e. The Bertz CT molecular complexity index is 885. The monoisotopic (exact) mass is 469 g/mol. The van der Waals surface area contributed by atoms with E-state index in [1.165, 1.54) is 0 Å². The SMILES string of the molecule is CN(C)c1ccnc(N[C@H]2CC[C@@H](CNC(=O)Cc3c(Cl)ccc(Cl)c3Cl)CC2)n1. The first-order chi connectivity index (χ1) is 14.3. The smallest absolute Gasteiger partial charge is 0.224 e. The van der Waals surface area contributed by atoms with E-state index in [-0.39, 0.29) is 12.3 Å². The lowest BCUT2D eigenvalue weighted by atomic mass is 9.86. The van der Waals surface area contributed by atoms with E-state index in [2.05, 4.69) is 20.6 Å². The lowest BCUT2D eigenvalue weighted by Crippen LogP contribution is -2.35. The minimum absolute atomic E-state index is 0.102. The van der Waals surface area contributed by atoms with Gasteiger partial charge >= 0.3 is 0 Å². The highest BCUT2D eigenvalue weighted by atomic mass is 35.5. The van der Waals surface area contributed by atoms with Crippen LogP contribution in [0.4, 0.5) is 11.8 Å². The van der Waals surface area contributed by atoms with Gasteiger partial charge in [0, 0.05) is 43.5 Å². The van der Waals surface area contributed by atoms with Crippen LogP contribution in [0, 0.1) is 5.92 Å². The van der Waals surface area contributed by atoms with Crippen LogP contribution in [0.15, 0.2) is 24.4 Å². The zero-order valence-corrected chi connectivity index (χ0v) is 19.4. The first kappa shape index (κ1) is 22.9. The number of nitrogens with one attached hydrogen (secondary N) is 2. The van der Waals surface area contributed by atoms with Crippen LogP contribution < -0.4 is 15.5 Å². The lowest BCUT2D eigenvalue weighted by Gasteiger charge is -2.29. The molecule has 2 N–H and O–H groups in total. The molecule has 0 bridgehead atoms. The third kappa shape index (κ3) is 6.13. The van der Waals surface area contributed by atoms with Crippen LogP contribution in [0.25, 0.3) is 0 Å². The van der Waals surface area contributed by atoms with Crippen LogP contribution in [0.5, 0.6) is 0 Å². The van der Waals surface area contributed by atoms with E-state index in [1.54, 1.807) is 18.3 Å². The van der Waals surface area contributed by atoms with Crippen molar-refractivity contribution < 1.29 is 4.79 Å². The van der Waals surface area contributed by atoms with Gasteiger partial charge in [-0.15, -0.1) is 0 Å². The third-order valence-electron chi connectivity index (χ3n) is 5.34. The van der Waals surface area contributed by atoms with Gasteiger partial charge in [0.15, 0.2) is 0 Å². The fraction of sp³-hybridized carbons (Fsp3) is 0.476. The molecular formula is C21H26Cl3N5O. The Labute approximate surface area is 192 Å². The zero-order valence-electron chi connectivity index (χ0n) is 17.1. The Balaban J connectivity index is 1.43. The Morgan fingerprint density at radius 1 is 1.10 bits per heavy atom. The maximum absolute atomic E-state index is 12.4. The zero-order chi connectivity index (χ0) is 21.7. The van der Waals surface area contributed by atoms with E-state index in [4.69, 9.17) is 34.8 Å². The predicted molar refractivity (Wildman–Crippen MR) is 124 cm³/mol. The van der Waals surface area contributed by atoms with Gasteiger partial charge in [0.2, 0.25) is 11.9 Å². The molecule has 1 aromatic carbocycles. The number of hydrogen-bond acceptors (Lipinski definition) is 5. The summed E-state index contributed by atoms with van der Waals surface area (Å²) >= 11 is 18.4. The van der Waals surface area contributed by atoms with Gasteiger partial charge in [0.25, 0.3) is 0 Å². The summed E-state index contributed by atoms with van der Waals surface area (Å²) in [6, 6.07) is 5.51. The number of carbonyl (C=O) groups excluding carboxylic acids is 1. The second-order valence-electron chi connectivity index (χ2n) is 7.80. The van der Waals surface area contributed by atoms with Gasteiger partial charge in [0.05, 0.1) is 16.5 Å². The number of rotatable bonds is 7. The molecule has 1 aliphatic rings. The van der Waals surface area contributed by atoms with Crippen LogP contribution in [0.1, 0.15) is 31.2 Å². The topological polar surface area (TPSA) is 70.2 Å². The molecule has 1 aliphatic carbocycles. The average molecular weight is 471 g/mol. The van der Waals surface area contributed by atoms with E-state index in [0.29, 0.717) is 45.1 Å². The van der Waals surface area contributed by atoms with Crippen molar-refractivity contribution in [1.82, 2.24) is 15.3 Å². The minimum atomic E-state index is -0.102. The van der Waals surface area contributed by atoms with E-state index >= 15 is 0 Å². The van der Waals surface area contributed by atoms with Gasteiger partial charge in [-0.2, -0.15) is 4.98 Å². The molecule has 1 fully saturated rings. The van der Waals surface area contributed by atoms with Crippen molar-refractivity contribution in [1.29, 1.82) is 0 Å². The molecule has 1 saturated carbocycles. The molecule has 6 nitrogen and oxygen atoms in total. The maximum atomic E-state index is 12.4. The lowest BCUT2D eigenvalue weighted by molar-refractivity contribution is -0.120. The molecular weight excluding hydrogens is 445 g/mol. The fourth-order valence-corrected chi connectivity index (χ4v) is 4.25. The van der Waals surface area contributed by atoms with Crippen molar-refractivity contribution in [2.24, 2.45) is 5.92 Å². The predicted octanol–water partition coefficient (Wildman–Crippen LogP) is 4.83. The van der Waals surface area contributed by atoms with Gasteiger partial charge in [-0.3, -0.25) is 4.79 Å². The molecule has 1 amide bonds. The van der Waals surface area contributed by atoms with Gasteiger partial charge in [-0.25, -0.2) is 4.98 Å². The van der Waals surface area contributed by atoms with Crippen LogP contribution in [-0.2, 0) is 11.2 Å².